The summed E-state index contributed by atoms with van der Waals surface area (Å²) in [6, 6.07) is 63.2. The molecule has 1 heterocycles. The van der Waals surface area contributed by atoms with Gasteiger partial charge in [-0.3, -0.25) is 0 Å². The molecule has 1 heteroatoms. The minimum absolute atomic E-state index is 0.479. The molecule has 48 heavy (non-hydrogen) atoms. The second-order valence-corrected chi connectivity index (χ2v) is 13.3. The summed E-state index contributed by atoms with van der Waals surface area (Å²) in [4.78, 5) is 0. The first-order chi connectivity index (χ1) is 23.8. The van der Waals surface area contributed by atoms with Crippen LogP contribution in [0.4, 0.5) is 11.4 Å². The van der Waals surface area contributed by atoms with Gasteiger partial charge in [-0.2, -0.15) is 0 Å². The number of hydrogen-bond donors (Lipinski definition) is 1. The number of nitrogens with one attached hydrogen (secondary N) is 1. The number of hydrogen-bond acceptors (Lipinski definition) is 1. The monoisotopic (exact) mass is 607 g/mol. The van der Waals surface area contributed by atoms with Crippen LogP contribution in [0, 0.1) is 0 Å². The highest BCUT2D eigenvalue weighted by Gasteiger charge is 2.52. The number of benzene rings is 8. The van der Waals surface area contributed by atoms with Gasteiger partial charge in [-0.05, 0) is 108 Å². The lowest BCUT2D eigenvalue weighted by Crippen LogP contribution is -2.26. The fourth-order valence-corrected chi connectivity index (χ4v) is 9.06. The van der Waals surface area contributed by atoms with Crippen LogP contribution < -0.4 is 5.32 Å². The lowest BCUT2D eigenvalue weighted by molar-refractivity contribution is 0.795. The molecule has 1 N–H and O–H groups in total. The van der Waals surface area contributed by atoms with E-state index in [1.54, 1.807) is 0 Å². The molecule has 0 fully saturated rings. The van der Waals surface area contributed by atoms with E-state index in [0.717, 1.165) is 5.69 Å². The number of fused-ring (bicyclic) bond motifs is 13. The average molecular weight is 608 g/mol. The maximum Gasteiger partial charge on any atom is 0.0726 e. The molecule has 0 amide bonds. The van der Waals surface area contributed by atoms with E-state index in [-0.39, 0.29) is 0 Å². The van der Waals surface area contributed by atoms with Crippen LogP contribution in [0.5, 0.6) is 0 Å². The standard InChI is InChI=1S/C47H29N/c1-3-12-29(13-4-1)31-22-24-33-34-25-23-32(30-14-5-2-6-15-30)27-41(34)47(40(33)26-31)39-19-9-7-17-36(39)45-37-18-11-21-44-46(37)38(28-42(45)47)35-16-8-10-20-43(35)48-44/h1-28,48H. The summed E-state index contributed by atoms with van der Waals surface area (Å²) in [5, 5.41) is 6.37. The molecule has 8 aromatic carbocycles. The Bertz CT molecular complexity index is 2540. The molecule has 11 rings (SSSR count). The van der Waals surface area contributed by atoms with Crippen molar-refractivity contribution >= 4 is 22.1 Å². The van der Waals surface area contributed by atoms with E-state index in [1.165, 1.54) is 94.3 Å². The van der Waals surface area contributed by atoms with Crippen molar-refractivity contribution in [1.29, 1.82) is 0 Å². The van der Waals surface area contributed by atoms with E-state index in [2.05, 4.69) is 175 Å². The Balaban J connectivity index is 1.32. The molecule has 0 bridgehead atoms. The molecule has 0 radical (unpaired) electrons. The summed E-state index contributed by atoms with van der Waals surface area (Å²) in [6.07, 6.45) is 0. The highest BCUT2D eigenvalue weighted by atomic mass is 14.9. The van der Waals surface area contributed by atoms with Crippen molar-refractivity contribution in [2.75, 3.05) is 5.32 Å². The molecular formula is C47H29N. The summed E-state index contributed by atoms with van der Waals surface area (Å²) in [6.45, 7) is 0. The van der Waals surface area contributed by atoms with E-state index in [1.807, 2.05) is 0 Å². The third-order valence-electron chi connectivity index (χ3n) is 11.0. The molecule has 3 aliphatic rings. The van der Waals surface area contributed by atoms with Crippen LogP contribution in [0.15, 0.2) is 170 Å². The quantitative estimate of drug-likeness (QED) is 0.206. The summed E-state index contributed by atoms with van der Waals surface area (Å²) in [5.41, 5.74) is 20.1. The van der Waals surface area contributed by atoms with E-state index in [9.17, 15) is 0 Å². The van der Waals surface area contributed by atoms with Crippen LogP contribution in [0.25, 0.3) is 66.4 Å². The van der Waals surface area contributed by atoms with Gasteiger partial charge in [0.2, 0.25) is 0 Å². The van der Waals surface area contributed by atoms with Crippen molar-refractivity contribution in [2.24, 2.45) is 0 Å². The van der Waals surface area contributed by atoms with Gasteiger partial charge in [-0.15, -0.1) is 0 Å². The predicted molar refractivity (Wildman–Crippen MR) is 200 cm³/mol. The highest BCUT2D eigenvalue weighted by molar-refractivity contribution is 6.18. The van der Waals surface area contributed by atoms with Crippen LogP contribution in [0.3, 0.4) is 0 Å². The summed E-state index contributed by atoms with van der Waals surface area (Å²) in [7, 11) is 0. The van der Waals surface area contributed by atoms with E-state index >= 15 is 0 Å². The Morgan fingerprint density at radius 1 is 0.333 bits per heavy atom. The fourth-order valence-electron chi connectivity index (χ4n) is 9.06. The Morgan fingerprint density at radius 3 is 1.60 bits per heavy atom. The number of para-hydroxylation sites is 1. The molecule has 1 aliphatic heterocycles. The first-order valence-electron chi connectivity index (χ1n) is 16.8. The summed E-state index contributed by atoms with van der Waals surface area (Å²) in [5.74, 6) is 0. The zero-order valence-corrected chi connectivity index (χ0v) is 26.2. The topological polar surface area (TPSA) is 12.0 Å². The van der Waals surface area contributed by atoms with E-state index < -0.39 is 5.41 Å². The van der Waals surface area contributed by atoms with Crippen molar-refractivity contribution in [2.45, 2.75) is 5.41 Å². The van der Waals surface area contributed by atoms with Crippen molar-refractivity contribution in [3.8, 4) is 55.6 Å². The zero-order chi connectivity index (χ0) is 31.4. The predicted octanol–water partition coefficient (Wildman–Crippen LogP) is 12.2. The van der Waals surface area contributed by atoms with Gasteiger partial charge in [0, 0.05) is 22.3 Å². The van der Waals surface area contributed by atoms with Crippen molar-refractivity contribution < 1.29 is 0 Å². The average Bonchev–Trinajstić information content (AvgIpc) is 3.62. The fraction of sp³-hybridized carbons (Fsp3) is 0.0213. The Hall–Kier alpha value is -6.18. The SMILES string of the molecule is c1ccc(-c2ccc3c(c2)C2(c4cc(-c5ccccc5)ccc4-3)c3ccccc3-c3c2cc2c4c(cccc34)Nc3ccccc3-2)cc1. The van der Waals surface area contributed by atoms with Crippen LogP contribution in [0.1, 0.15) is 22.3 Å². The van der Waals surface area contributed by atoms with Crippen LogP contribution in [-0.2, 0) is 5.41 Å². The van der Waals surface area contributed by atoms with Gasteiger partial charge < -0.3 is 5.32 Å². The third-order valence-corrected chi connectivity index (χ3v) is 11.0. The van der Waals surface area contributed by atoms with Gasteiger partial charge in [0.25, 0.3) is 0 Å². The van der Waals surface area contributed by atoms with Crippen LogP contribution >= 0.6 is 0 Å². The molecule has 0 atom stereocenters. The van der Waals surface area contributed by atoms with Gasteiger partial charge in [-0.1, -0.05) is 140 Å². The Labute approximate surface area is 279 Å². The molecule has 0 aromatic heterocycles. The Morgan fingerprint density at radius 2 is 0.917 bits per heavy atom. The van der Waals surface area contributed by atoms with Gasteiger partial charge in [-0.25, -0.2) is 0 Å². The highest BCUT2D eigenvalue weighted by Crippen LogP contribution is 2.65. The Kier molecular flexibility index (Phi) is 5.10. The molecule has 1 nitrogen and oxygen atoms in total. The lowest BCUT2D eigenvalue weighted by Gasteiger charge is -2.32. The molecule has 2 aliphatic carbocycles. The van der Waals surface area contributed by atoms with Crippen molar-refractivity contribution in [3.05, 3.63) is 192 Å². The summed E-state index contributed by atoms with van der Waals surface area (Å²) >= 11 is 0. The lowest BCUT2D eigenvalue weighted by atomic mass is 9.69. The molecule has 0 saturated carbocycles. The minimum Gasteiger partial charge on any atom is -0.354 e. The van der Waals surface area contributed by atoms with Crippen molar-refractivity contribution in [1.82, 2.24) is 0 Å². The number of rotatable bonds is 2. The van der Waals surface area contributed by atoms with E-state index in [0.29, 0.717) is 0 Å². The van der Waals surface area contributed by atoms with Crippen LogP contribution in [-0.4, -0.2) is 0 Å². The molecule has 1 spiro atoms. The maximum atomic E-state index is 3.76. The third kappa shape index (κ3) is 3.25. The van der Waals surface area contributed by atoms with Gasteiger partial charge in [0.15, 0.2) is 0 Å². The second-order valence-electron chi connectivity index (χ2n) is 13.3. The molecular weight excluding hydrogens is 579 g/mol. The largest absolute Gasteiger partial charge is 0.354 e. The maximum absolute atomic E-state index is 3.76. The molecule has 0 unspecified atom stereocenters. The minimum atomic E-state index is -0.479. The first-order valence-corrected chi connectivity index (χ1v) is 16.8. The molecule has 8 aromatic rings. The van der Waals surface area contributed by atoms with Gasteiger partial charge >= 0.3 is 0 Å². The number of anilines is 2. The van der Waals surface area contributed by atoms with E-state index in [4.69, 9.17) is 0 Å². The normalized spacial score (nSPS) is 13.8. The first kappa shape index (κ1) is 25.9. The smallest absolute Gasteiger partial charge is 0.0726 e. The zero-order valence-electron chi connectivity index (χ0n) is 26.2. The van der Waals surface area contributed by atoms with Crippen LogP contribution in [0.2, 0.25) is 0 Å². The molecule has 222 valence electrons. The second kappa shape index (κ2) is 9.44. The van der Waals surface area contributed by atoms with Gasteiger partial charge in [0.05, 0.1) is 5.41 Å². The molecule has 0 saturated heterocycles. The summed E-state index contributed by atoms with van der Waals surface area (Å²) < 4.78 is 0. The van der Waals surface area contributed by atoms with Crippen molar-refractivity contribution in [3.63, 3.8) is 0 Å². The van der Waals surface area contributed by atoms with Gasteiger partial charge in [0.1, 0.15) is 0 Å².